The van der Waals surface area contributed by atoms with Crippen molar-refractivity contribution in [2.24, 2.45) is 11.8 Å². The largest absolute Gasteiger partial charge is 0.453 e. The first-order valence-electron chi connectivity index (χ1n) is 12.9. The van der Waals surface area contributed by atoms with Crippen LogP contribution in [0.4, 0.5) is 26.3 Å². The van der Waals surface area contributed by atoms with E-state index in [0.717, 1.165) is 37.7 Å². The van der Waals surface area contributed by atoms with Crippen LogP contribution in [0.5, 0.6) is 11.5 Å². The summed E-state index contributed by atoms with van der Waals surface area (Å²) in [5.74, 6) is -4.16. The third kappa shape index (κ3) is 7.57. The number of benzene rings is 2. The molecular weight excluding hydrogens is 526 g/mol. The van der Waals surface area contributed by atoms with E-state index < -0.39 is 40.9 Å². The molecule has 0 bridgehead atoms. The topological polar surface area (TPSA) is 36.9 Å². The molecule has 0 N–H and O–H groups in total. The molecular formula is C29H30F6O4. The van der Waals surface area contributed by atoms with Crippen molar-refractivity contribution in [3.05, 3.63) is 83.7 Å². The molecule has 1 aliphatic heterocycles. The molecule has 2 aromatic rings. The van der Waals surface area contributed by atoms with E-state index in [2.05, 4.69) is 28.5 Å². The Kier molecular flexibility index (Phi) is 9.61. The first-order valence-corrected chi connectivity index (χ1v) is 12.9. The highest BCUT2D eigenvalue weighted by atomic mass is 19.3. The predicted octanol–water partition coefficient (Wildman–Crippen LogP) is 8.44. The van der Waals surface area contributed by atoms with Gasteiger partial charge in [-0.1, -0.05) is 31.2 Å². The van der Waals surface area contributed by atoms with Crippen molar-refractivity contribution in [3.63, 3.8) is 0 Å². The van der Waals surface area contributed by atoms with Gasteiger partial charge in [0.25, 0.3) is 0 Å². The molecule has 4 nitrogen and oxygen atoms in total. The number of alkyl halides is 2. The molecule has 2 aliphatic rings. The fourth-order valence-corrected chi connectivity index (χ4v) is 4.94. The lowest BCUT2D eigenvalue weighted by Crippen LogP contribution is -2.37. The number of ether oxygens (including phenoxy) is 4. The van der Waals surface area contributed by atoms with Crippen molar-refractivity contribution in [1.29, 1.82) is 0 Å². The van der Waals surface area contributed by atoms with E-state index >= 15 is 0 Å². The summed E-state index contributed by atoms with van der Waals surface area (Å²) in [7, 11) is 0. The van der Waals surface area contributed by atoms with Crippen LogP contribution in [0.25, 0.3) is 0 Å². The van der Waals surface area contributed by atoms with Gasteiger partial charge in [0.15, 0.2) is 29.9 Å². The highest BCUT2D eigenvalue weighted by Crippen LogP contribution is 2.40. The van der Waals surface area contributed by atoms with E-state index in [0.29, 0.717) is 31.3 Å². The number of allylic oxidation sites excluding steroid dienone is 1. The second-order valence-electron chi connectivity index (χ2n) is 9.73. The second kappa shape index (κ2) is 12.9. The molecule has 39 heavy (non-hydrogen) atoms. The zero-order chi connectivity index (χ0) is 28.0. The SMILES string of the molecule is CC/C=C/C1COC(C2CCC(c3ccc(C(F)(F)Oc4cc(F)c(OC=C(F)F)c(F)c4)cc3)CC2)OC1. The van der Waals surface area contributed by atoms with Crippen LogP contribution >= 0.6 is 0 Å². The van der Waals surface area contributed by atoms with Gasteiger partial charge in [-0.25, -0.2) is 8.78 Å². The fraction of sp³-hybridized carbons (Fsp3) is 0.448. The number of hydrogen-bond acceptors (Lipinski definition) is 4. The van der Waals surface area contributed by atoms with Gasteiger partial charge in [-0.05, 0) is 55.7 Å². The predicted molar refractivity (Wildman–Crippen MR) is 132 cm³/mol. The highest BCUT2D eigenvalue weighted by molar-refractivity contribution is 5.36. The lowest BCUT2D eigenvalue weighted by atomic mass is 9.78. The minimum atomic E-state index is -3.90. The van der Waals surface area contributed by atoms with Gasteiger partial charge < -0.3 is 18.9 Å². The van der Waals surface area contributed by atoms with Crippen molar-refractivity contribution < 1.29 is 45.3 Å². The maximum atomic E-state index is 14.7. The third-order valence-electron chi connectivity index (χ3n) is 6.95. The standard InChI is InChI=1S/C29H30F6O4/c1-2-3-4-18-15-37-28(38-16-18)21-7-5-19(6-8-21)20-9-11-22(12-10-20)29(34,35)39-23-13-24(30)27(25(31)14-23)36-17-26(32)33/h3-4,9-14,17-19,21,28H,2,5-8,15-16H2,1H3/b4-3+. The minimum absolute atomic E-state index is 0.163. The van der Waals surface area contributed by atoms with Crippen LogP contribution in [0.1, 0.15) is 56.1 Å². The Bertz CT molecular complexity index is 1120. The molecule has 2 fully saturated rings. The highest BCUT2D eigenvalue weighted by Gasteiger charge is 2.36. The Morgan fingerprint density at radius 3 is 2.15 bits per heavy atom. The van der Waals surface area contributed by atoms with Crippen molar-refractivity contribution >= 4 is 0 Å². The minimum Gasteiger partial charge on any atom is -0.453 e. The molecule has 212 valence electrons. The molecule has 0 atom stereocenters. The fourth-order valence-electron chi connectivity index (χ4n) is 4.94. The van der Waals surface area contributed by atoms with Gasteiger partial charge in [-0.3, -0.25) is 0 Å². The molecule has 1 saturated carbocycles. The van der Waals surface area contributed by atoms with E-state index in [4.69, 9.17) is 9.47 Å². The monoisotopic (exact) mass is 556 g/mol. The van der Waals surface area contributed by atoms with Gasteiger partial charge in [0.05, 0.1) is 18.8 Å². The molecule has 0 radical (unpaired) electrons. The Balaban J connectivity index is 1.32. The van der Waals surface area contributed by atoms with Gasteiger partial charge >= 0.3 is 12.2 Å². The van der Waals surface area contributed by atoms with Crippen molar-refractivity contribution in [2.75, 3.05) is 13.2 Å². The van der Waals surface area contributed by atoms with E-state index in [1.54, 1.807) is 12.1 Å². The van der Waals surface area contributed by atoms with Gasteiger partial charge in [-0.2, -0.15) is 17.6 Å². The lowest BCUT2D eigenvalue weighted by molar-refractivity contribution is -0.222. The molecule has 1 heterocycles. The summed E-state index contributed by atoms with van der Waals surface area (Å²) < 4.78 is 102. The third-order valence-corrected chi connectivity index (χ3v) is 6.95. The molecule has 1 aliphatic carbocycles. The summed E-state index contributed by atoms with van der Waals surface area (Å²) in [6.07, 6.45) is 2.16. The average Bonchev–Trinajstić information content (AvgIpc) is 2.91. The van der Waals surface area contributed by atoms with Crippen LogP contribution in [-0.2, 0) is 15.6 Å². The van der Waals surface area contributed by atoms with Crippen molar-refractivity contribution in [2.45, 2.75) is 57.3 Å². The Labute approximate surface area is 223 Å². The van der Waals surface area contributed by atoms with Crippen molar-refractivity contribution in [1.82, 2.24) is 0 Å². The molecule has 0 unspecified atom stereocenters. The number of halogens is 6. The summed E-state index contributed by atoms with van der Waals surface area (Å²) in [4.78, 5) is 0. The molecule has 0 aromatic heterocycles. The van der Waals surface area contributed by atoms with Crippen LogP contribution in [0.15, 0.2) is 60.9 Å². The van der Waals surface area contributed by atoms with Crippen LogP contribution in [-0.4, -0.2) is 19.5 Å². The normalized spacial score (nSPS) is 24.0. The quantitative estimate of drug-likeness (QED) is 0.177. The van der Waals surface area contributed by atoms with Crippen LogP contribution in [0.2, 0.25) is 0 Å². The summed E-state index contributed by atoms with van der Waals surface area (Å²) in [6.45, 7) is 3.37. The Hall–Kier alpha value is -2.98. The lowest BCUT2D eigenvalue weighted by Gasteiger charge is -2.37. The molecule has 0 spiro atoms. The van der Waals surface area contributed by atoms with Crippen LogP contribution in [0.3, 0.4) is 0 Å². The number of hydrogen-bond donors (Lipinski definition) is 0. The summed E-state index contributed by atoms with van der Waals surface area (Å²) in [6, 6.07) is 6.52. The van der Waals surface area contributed by atoms with E-state index in [9.17, 15) is 26.3 Å². The first-order chi connectivity index (χ1) is 18.7. The van der Waals surface area contributed by atoms with E-state index in [1.807, 2.05) is 0 Å². The zero-order valence-corrected chi connectivity index (χ0v) is 21.4. The Morgan fingerprint density at radius 2 is 1.59 bits per heavy atom. The van der Waals surface area contributed by atoms with Gasteiger partial charge in [0.1, 0.15) is 5.75 Å². The molecule has 0 amide bonds. The summed E-state index contributed by atoms with van der Waals surface area (Å²) >= 11 is 0. The zero-order valence-electron chi connectivity index (χ0n) is 21.4. The summed E-state index contributed by atoms with van der Waals surface area (Å²) in [5.41, 5.74) is 0.411. The molecule has 4 rings (SSSR count). The summed E-state index contributed by atoms with van der Waals surface area (Å²) in [5, 5.41) is 0. The van der Waals surface area contributed by atoms with Gasteiger partial charge in [0, 0.05) is 24.0 Å². The van der Waals surface area contributed by atoms with Crippen molar-refractivity contribution in [3.8, 4) is 11.5 Å². The maximum absolute atomic E-state index is 14.7. The maximum Gasteiger partial charge on any atom is 0.426 e. The van der Waals surface area contributed by atoms with E-state index in [1.165, 1.54) is 12.1 Å². The second-order valence-corrected chi connectivity index (χ2v) is 9.73. The first kappa shape index (κ1) is 29.0. The van der Waals surface area contributed by atoms with Crippen LogP contribution in [0, 0.1) is 23.5 Å². The van der Waals surface area contributed by atoms with Gasteiger partial charge in [0.2, 0.25) is 0 Å². The van der Waals surface area contributed by atoms with Crippen LogP contribution < -0.4 is 9.47 Å². The molecule has 2 aromatic carbocycles. The molecule has 10 heteroatoms. The van der Waals surface area contributed by atoms with E-state index in [-0.39, 0.29) is 24.4 Å². The average molecular weight is 557 g/mol. The Morgan fingerprint density at radius 1 is 0.974 bits per heavy atom. The number of rotatable bonds is 9. The smallest absolute Gasteiger partial charge is 0.426 e. The molecule has 1 saturated heterocycles. The van der Waals surface area contributed by atoms with Gasteiger partial charge in [-0.15, -0.1) is 0 Å².